The van der Waals surface area contributed by atoms with Crippen LogP contribution >= 0.6 is 0 Å². The molecule has 25 aromatic carbocycles. The highest BCUT2D eigenvalue weighted by Gasteiger charge is 2.40. The molecule has 1 heterocycles. The Bertz CT molecular complexity index is 9860. The highest BCUT2D eigenvalue weighted by molar-refractivity contribution is 6.31. The van der Waals surface area contributed by atoms with Crippen molar-refractivity contribution >= 4 is 129 Å². The van der Waals surface area contributed by atoms with Gasteiger partial charge in [-0.15, -0.1) is 0 Å². The average molecular weight is 1840 g/mol. The second-order valence-electron chi connectivity index (χ2n) is 41.9. The molecule has 0 fully saturated rings. The average Bonchev–Trinajstić information content (AvgIpc) is 1.23. The Hall–Kier alpha value is -17.2. The van der Waals surface area contributed by atoms with Gasteiger partial charge >= 0.3 is 0 Å². The molecule has 3 aliphatic rings. The fourth-order valence-corrected chi connectivity index (χ4v) is 25.6. The third-order valence-electron chi connectivity index (χ3n) is 32.5. The van der Waals surface area contributed by atoms with Gasteiger partial charge in [0.1, 0.15) is 0 Å². The van der Waals surface area contributed by atoms with Crippen molar-refractivity contribution in [2.75, 3.05) is 0 Å². The molecular formula is C143H103N. The minimum Gasteiger partial charge on any atom is -0.248 e. The summed E-state index contributed by atoms with van der Waals surface area (Å²) < 4.78 is 0. The van der Waals surface area contributed by atoms with Crippen molar-refractivity contribution < 1.29 is 0 Å². The van der Waals surface area contributed by atoms with Gasteiger partial charge in [-0.3, -0.25) is 0 Å². The van der Waals surface area contributed by atoms with Gasteiger partial charge in [0.25, 0.3) is 0 Å². The first-order valence-electron chi connectivity index (χ1n) is 50.9. The first-order chi connectivity index (χ1) is 70.4. The molecule has 680 valence electrons. The van der Waals surface area contributed by atoms with Gasteiger partial charge in [0.2, 0.25) is 0 Å². The molecule has 0 amide bonds. The summed E-state index contributed by atoms with van der Waals surface area (Å²) in [4.78, 5) is 5.20. The van der Waals surface area contributed by atoms with E-state index in [1.807, 2.05) is 0 Å². The van der Waals surface area contributed by atoms with Crippen LogP contribution in [-0.4, -0.2) is 4.98 Å². The van der Waals surface area contributed by atoms with Gasteiger partial charge in [-0.25, -0.2) is 4.98 Å². The van der Waals surface area contributed by atoms with E-state index in [1.54, 1.807) is 0 Å². The lowest BCUT2D eigenvalue weighted by atomic mass is 9.80. The summed E-state index contributed by atoms with van der Waals surface area (Å²) in [5.41, 5.74) is 39.7. The number of benzene rings is 25. The molecule has 1 nitrogen and oxygen atoms in total. The van der Waals surface area contributed by atoms with Crippen molar-refractivity contribution in [3.05, 3.63) is 511 Å². The summed E-state index contributed by atoms with van der Waals surface area (Å²) in [6.07, 6.45) is 0. The van der Waals surface area contributed by atoms with Crippen molar-refractivity contribution in [2.24, 2.45) is 0 Å². The molecule has 29 rings (SSSR count). The minimum absolute atomic E-state index is 0.0541. The normalized spacial score (nSPS) is 13.3. The zero-order chi connectivity index (χ0) is 96.7. The second kappa shape index (κ2) is 33.2. The summed E-state index contributed by atoms with van der Waals surface area (Å²) in [5, 5.41) is 31.0. The first kappa shape index (κ1) is 85.9. The standard InChI is InChI=1S/2C48H34.C47H35N/c1-29-20-23-41-43(26-29)47(31-22-25-38-37-16-10-11-19-44(37)48(2,3)45(38)28-31)40-18-9-8-17-39(40)46(41)30-21-24-36-34-14-5-4-12-32(34)33-13-6-7-15-35(33)42(36)27-30;1-29-20-23-40-42(26-29)46(31-22-25-37-36-16-10-11-19-44(36)48(2,3)45(37)27-31)38-17-8-9-18-39(38)47(40)43-28-41-32-13-5-4-12-30(32)21-24-35(41)33-14-6-7-15-34(33)43;1-30-22-24-39-40(26-30)45(33-23-25-36-35-18-12-13-21-41(35)47(2,3)42(36)27-33)37-19-10-11-20-38(37)46(39)34-28-43(31-14-6-4-7-15-31)48-44(29-34)32-16-8-5-9-17-32/h2*4-28H,1-3H3;4-29H,1-3H3. The molecule has 26 aromatic rings. The maximum atomic E-state index is 5.20. The second-order valence-corrected chi connectivity index (χ2v) is 41.9. The Morgan fingerprint density at radius 1 is 0.139 bits per heavy atom. The van der Waals surface area contributed by atoms with E-state index in [0.29, 0.717) is 0 Å². The van der Waals surface area contributed by atoms with E-state index in [9.17, 15) is 0 Å². The Kier molecular flexibility index (Phi) is 19.8. The molecule has 1 heteroatoms. The predicted octanol–water partition coefficient (Wildman–Crippen LogP) is 39.5. The van der Waals surface area contributed by atoms with Crippen molar-refractivity contribution in [1.29, 1.82) is 0 Å². The molecule has 0 aliphatic heterocycles. The number of hydrogen-bond acceptors (Lipinski definition) is 1. The molecule has 144 heavy (non-hydrogen) atoms. The topological polar surface area (TPSA) is 12.9 Å². The lowest BCUT2D eigenvalue weighted by Crippen LogP contribution is -2.14. The molecule has 0 unspecified atom stereocenters. The quantitative estimate of drug-likeness (QED) is 0.109. The van der Waals surface area contributed by atoms with Crippen LogP contribution in [0.3, 0.4) is 0 Å². The third kappa shape index (κ3) is 13.5. The molecule has 0 saturated heterocycles. The van der Waals surface area contributed by atoms with E-state index in [0.717, 1.165) is 22.5 Å². The monoisotopic (exact) mass is 1830 g/mol. The molecule has 0 radical (unpaired) electrons. The number of nitrogens with zero attached hydrogens (tertiary/aromatic N) is 1. The van der Waals surface area contributed by atoms with Crippen molar-refractivity contribution in [2.45, 2.75) is 78.6 Å². The predicted molar refractivity (Wildman–Crippen MR) is 618 cm³/mol. The largest absolute Gasteiger partial charge is 0.248 e. The Labute approximate surface area is 840 Å². The summed E-state index contributed by atoms with van der Waals surface area (Å²) in [6.45, 7) is 20.9. The Morgan fingerprint density at radius 3 is 0.799 bits per heavy atom. The molecular weight excluding hydrogens is 1730 g/mol. The van der Waals surface area contributed by atoms with Crippen LogP contribution in [0.25, 0.3) is 252 Å². The van der Waals surface area contributed by atoms with E-state index < -0.39 is 0 Å². The summed E-state index contributed by atoms with van der Waals surface area (Å²) in [7, 11) is 0. The van der Waals surface area contributed by atoms with Gasteiger partial charge in [-0.05, 0) is 326 Å². The molecule has 3 aliphatic carbocycles. The third-order valence-corrected chi connectivity index (χ3v) is 32.5. The van der Waals surface area contributed by atoms with Crippen LogP contribution in [-0.2, 0) is 16.2 Å². The number of rotatable bonds is 8. The summed E-state index contributed by atoms with van der Waals surface area (Å²) in [5.74, 6) is 0. The molecule has 1 aromatic heterocycles. The van der Waals surface area contributed by atoms with Crippen LogP contribution in [0.15, 0.2) is 461 Å². The van der Waals surface area contributed by atoms with Gasteiger partial charge < -0.3 is 0 Å². The zero-order valence-corrected chi connectivity index (χ0v) is 82.3. The number of hydrogen-bond donors (Lipinski definition) is 0. The van der Waals surface area contributed by atoms with Crippen molar-refractivity contribution in [3.8, 4) is 123 Å². The maximum absolute atomic E-state index is 5.20. The molecule has 0 atom stereocenters. The van der Waals surface area contributed by atoms with Gasteiger partial charge in [-0.1, -0.05) is 477 Å². The van der Waals surface area contributed by atoms with E-state index in [2.05, 4.69) is 523 Å². The van der Waals surface area contributed by atoms with E-state index >= 15 is 0 Å². The highest BCUT2D eigenvalue weighted by Crippen LogP contribution is 2.58. The lowest BCUT2D eigenvalue weighted by Gasteiger charge is -2.23. The van der Waals surface area contributed by atoms with Gasteiger partial charge in [-0.2, -0.15) is 0 Å². The molecule has 0 bridgehead atoms. The summed E-state index contributed by atoms with van der Waals surface area (Å²) in [6, 6.07) is 172. The Balaban J connectivity index is 0.000000108. The van der Waals surface area contributed by atoms with E-state index in [4.69, 9.17) is 4.98 Å². The van der Waals surface area contributed by atoms with E-state index in [1.165, 1.54) is 279 Å². The lowest BCUT2D eigenvalue weighted by molar-refractivity contribution is 0.660. The van der Waals surface area contributed by atoms with Crippen LogP contribution < -0.4 is 0 Å². The van der Waals surface area contributed by atoms with Gasteiger partial charge in [0.05, 0.1) is 11.4 Å². The fourth-order valence-electron chi connectivity index (χ4n) is 25.6. The maximum Gasteiger partial charge on any atom is 0.0715 e. The Morgan fingerprint density at radius 2 is 0.396 bits per heavy atom. The highest BCUT2D eigenvalue weighted by atomic mass is 14.7. The van der Waals surface area contributed by atoms with Gasteiger partial charge in [0, 0.05) is 27.4 Å². The number of aromatic nitrogens is 1. The SMILES string of the molecule is Cc1ccc2c(-c3cc(-c4ccccc4)nc(-c4ccccc4)c3)c3ccccc3c(-c3ccc4c(c3)C(C)(C)c3ccccc3-4)c2c1.Cc1ccc2c(-c3cc4c5ccccc5ccc4c4ccccc34)c3ccccc3c(-c3ccc4c(c3)C(C)(C)c3ccccc3-4)c2c1.Cc1ccc2c(-c3ccc4c5ccccc5c5ccccc5c4c3)c3ccccc3c(-c3ccc4c(c3)C(C)(C)c3ccccc3-4)c2c1. The van der Waals surface area contributed by atoms with Crippen LogP contribution in [0.4, 0.5) is 0 Å². The number of pyridine rings is 1. The molecule has 0 saturated carbocycles. The van der Waals surface area contributed by atoms with E-state index in [-0.39, 0.29) is 16.2 Å². The smallest absolute Gasteiger partial charge is 0.0715 e. The molecule has 0 spiro atoms. The van der Waals surface area contributed by atoms with Crippen molar-refractivity contribution in [3.63, 3.8) is 0 Å². The van der Waals surface area contributed by atoms with Crippen LogP contribution in [0.2, 0.25) is 0 Å². The van der Waals surface area contributed by atoms with Crippen LogP contribution in [0.1, 0.15) is 91.6 Å². The van der Waals surface area contributed by atoms with Crippen LogP contribution in [0, 0.1) is 20.8 Å². The molecule has 0 N–H and O–H groups in total. The fraction of sp³-hybridized carbons (Fsp3) is 0.0839. The van der Waals surface area contributed by atoms with Gasteiger partial charge in [0.15, 0.2) is 0 Å². The zero-order valence-electron chi connectivity index (χ0n) is 82.3. The van der Waals surface area contributed by atoms with Crippen LogP contribution in [0.5, 0.6) is 0 Å². The first-order valence-corrected chi connectivity index (χ1v) is 50.9. The number of fused-ring (bicyclic) bond motifs is 26. The van der Waals surface area contributed by atoms with Crippen molar-refractivity contribution in [1.82, 2.24) is 4.98 Å². The summed E-state index contributed by atoms with van der Waals surface area (Å²) >= 11 is 0. The minimum atomic E-state index is -0.0673. The number of aryl methyl sites for hydroxylation is 3.